The molecule has 2 rings (SSSR count). The first-order chi connectivity index (χ1) is 10.4. The topological polar surface area (TPSA) is 55.6 Å². The van der Waals surface area contributed by atoms with Gasteiger partial charge in [-0.2, -0.15) is 0 Å². The minimum Gasteiger partial charge on any atom is -0.379 e. The maximum Gasteiger partial charge on any atom is 0.249 e. The van der Waals surface area contributed by atoms with E-state index in [1.54, 1.807) is 13.2 Å². The molecule has 1 aliphatic rings. The lowest BCUT2D eigenvalue weighted by Gasteiger charge is -2.42. The average Bonchev–Trinajstić information content (AvgIpc) is 2.51. The van der Waals surface area contributed by atoms with Gasteiger partial charge in [0.05, 0.1) is 5.60 Å². The summed E-state index contributed by atoms with van der Waals surface area (Å²) in [5.74, 6) is -0.356. The number of hydrogen-bond donors (Lipinski definition) is 1. The van der Waals surface area contributed by atoms with Gasteiger partial charge in [0.1, 0.15) is 0 Å². The maximum atomic E-state index is 11.6. The number of hydrogen-bond acceptors (Lipinski definition) is 3. The van der Waals surface area contributed by atoms with Gasteiger partial charge in [0.2, 0.25) is 5.91 Å². The number of nitrogens with two attached hydrogens (primary N) is 1. The summed E-state index contributed by atoms with van der Waals surface area (Å²) in [6.45, 7) is 7.27. The second-order valence-electron chi connectivity index (χ2n) is 6.49. The van der Waals surface area contributed by atoms with E-state index in [4.69, 9.17) is 10.5 Å². The standard InChI is InChI=1S/C18H28N2O2/c1-5-20(14-9-11-18(3,22-4)12-10-14)16-8-6-7-15(13(16)2)17(19)21/h6-8,14H,5,9-12H2,1-4H3,(H2,19,21). The number of ether oxygens (including phenoxy) is 1. The molecule has 0 aromatic heterocycles. The third-order valence-corrected chi connectivity index (χ3v) is 5.17. The van der Waals surface area contributed by atoms with Crippen LogP contribution in [0.4, 0.5) is 5.69 Å². The second-order valence-corrected chi connectivity index (χ2v) is 6.49. The third-order valence-electron chi connectivity index (χ3n) is 5.17. The highest BCUT2D eigenvalue weighted by Crippen LogP contribution is 2.36. The van der Waals surface area contributed by atoms with Crippen LogP contribution in [0.3, 0.4) is 0 Å². The molecule has 4 nitrogen and oxygen atoms in total. The molecule has 0 bridgehead atoms. The number of anilines is 1. The molecule has 1 aromatic rings. The Kier molecular flexibility index (Phi) is 5.12. The lowest BCUT2D eigenvalue weighted by Crippen LogP contribution is -2.43. The number of methoxy groups -OCH3 is 1. The molecule has 2 N–H and O–H groups in total. The highest BCUT2D eigenvalue weighted by Gasteiger charge is 2.33. The largest absolute Gasteiger partial charge is 0.379 e. The SMILES string of the molecule is CCN(c1cccc(C(N)=O)c1C)C1CCC(C)(OC)CC1. The van der Waals surface area contributed by atoms with Crippen LogP contribution in [-0.2, 0) is 4.74 Å². The van der Waals surface area contributed by atoms with Gasteiger partial charge in [0.25, 0.3) is 0 Å². The highest BCUT2D eigenvalue weighted by molar-refractivity contribution is 5.95. The Hall–Kier alpha value is -1.55. The van der Waals surface area contributed by atoms with Gasteiger partial charge in [-0.3, -0.25) is 4.79 Å². The molecule has 22 heavy (non-hydrogen) atoms. The molecule has 0 heterocycles. The molecule has 1 saturated carbocycles. The molecule has 0 radical (unpaired) electrons. The molecule has 0 saturated heterocycles. The molecule has 0 atom stereocenters. The van der Waals surface area contributed by atoms with Crippen molar-refractivity contribution in [2.75, 3.05) is 18.6 Å². The molecule has 1 aromatic carbocycles. The van der Waals surface area contributed by atoms with E-state index in [9.17, 15) is 4.79 Å². The zero-order valence-electron chi connectivity index (χ0n) is 14.2. The summed E-state index contributed by atoms with van der Waals surface area (Å²) < 4.78 is 5.64. The maximum absolute atomic E-state index is 11.6. The van der Waals surface area contributed by atoms with Gasteiger partial charge in [0, 0.05) is 30.9 Å². The van der Waals surface area contributed by atoms with Crippen molar-refractivity contribution in [3.63, 3.8) is 0 Å². The van der Waals surface area contributed by atoms with Crippen molar-refractivity contribution in [3.8, 4) is 0 Å². The van der Waals surface area contributed by atoms with Crippen LogP contribution >= 0.6 is 0 Å². The number of amides is 1. The van der Waals surface area contributed by atoms with Crippen LogP contribution in [-0.4, -0.2) is 31.2 Å². The quantitative estimate of drug-likeness (QED) is 0.908. The zero-order chi connectivity index (χ0) is 16.3. The molecule has 1 amide bonds. The van der Waals surface area contributed by atoms with Crippen molar-refractivity contribution in [1.82, 2.24) is 0 Å². The number of primary amides is 1. The number of carbonyl (C=O) groups is 1. The van der Waals surface area contributed by atoms with Crippen LogP contribution in [0.15, 0.2) is 18.2 Å². The van der Waals surface area contributed by atoms with Crippen LogP contribution in [0.1, 0.15) is 55.5 Å². The Labute approximate surface area is 133 Å². The molecule has 1 aliphatic carbocycles. The summed E-state index contributed by atoms with van der Waals surface area (Å²) >= 11 is 0. The summed E-state index contributed by atoms with van der Waals surface area (Å²) in [6, 6.07) is 6.32. The molecule has 4 heteroatoms. The molecule has 0 unspecified atom stereocenters. The van der Waals surface area contributed by atoms with Gasteiger partial charge in [-0.05, 0) is 64.2 Å². The van der Waals surface area contributed by atoms with Gasteiger partial charge in [-0.25, -0.2) is 0 Å². The van der Waals surface area contributed by atoms with E-state index in [0.29, 0.717) is 11.6 Å². The Morgan fingerprint density at radius 2 is 2.05 bits per heavy atom. The molecular weight excluding hydrogens is 276 g/mol. The fourth-order valence-corrected chi connectivity index (χ4v) is 3.56. The monoisotopic (exact) mass is 304 g/mol. The second kappa shape index (κ2) is 6.69. The number of nitrogens with zero attached hydrogens (tertiary/aromatic N) is 1. The van der Waals surface area contributed by atoms with E-state index in [-0.39, 0.29) is 11.5 Å². The third kappa shape index (κ3) is 3.27. The van der Waals surface area contributed by atoms with Gasteiger partial charge < -0.3 is 15.4 Å². The fraction of sp³-hybridized carbons (Fsp3) is 0.611. The number of rotatable bonds is 5. The lowest BCUT2D eigenvalue weighted by molar-refractivity contribution is -0.0270. The molecule has 1 fully saturated rings. The first-order valence-corrected chi connectivity index (χ1v) is 8.13. The summed E-state index contributed by atoms with van der Waals surface area (Å²) in [5, 5.41) is 0. The van der Waals surface area contributed by atoms with Crippen LogP contribution in [0.2, 0.25) is 0 Å². The van der Waals surface area contributed by atoms with Gasteiger partial charge in [-0.15, -0.1) is 0 Å². The Morgan fingerprint density at radius 1 is 1.41 bits per heavy atom. The number of carbonyl (C=O) groups excluding carboxylic acids is 1. The predicted octanol–water partition coefficient (Wildman–Crippen LogP) is 3.27. The van der Waals surface area contributed by atoms with Gasteiger partial charge in [-0.1, -0.05) is 6.07 Å². The van der Waals surface area contributed by atoms with Crippen LogP contribution in [0.5, 0.6) is 0 Å². The van der Waals surface area contributed by atoms with Crippen molar-refractivity contribution in [3.05, 3.63) is 29.3 Å². The van der Waals surface area contributed by atoms with Gasteiger partial charge >= 0.3 is 0 Å². The van der Waals surface area contributed by atoms with Gasteiger partial charge in [0.15, 0.2) is 0 Å². The van der Waals surface area contributed by atoms with E-state index in [2.05, 4.69) is 24.8 Å². The normalized spacial score (nSPS) is 25.0. The van der Waals surface area contributed by atoms with Crippen molar-refractivity contribution in [1.29, 1.82) is 0 Å². The zero-order valence-corrected chi connectivity index (χ0v) is 14.2. The van der Waals surface area contributed by atoms with Crippen LogP contribution in [0, 0.1) is 6.92 Å². The minimum atomic E-state index is -0.356. The molecule has 122 valence electrons. The average molecular weight is 304 g/mol. The first-order valence-electron chi connectivity index (χ1n) is 8.13. The van der Waals surface area contributed by atoms with E-state index < -0.39 is 0 Å². The molecule has 0 aliphatic heterocycles. The lowest BCUT2D eigenvalue weighted by atomic mass is 9.82. The predicted molar refractivity (Wildman–Crippen MR) is 90.4 cm³/mol. The Balaban J connectivity index is 2.23. The number of benzene rings is 1. The molecule has 0 spiro atoms. The first kappa shape index (κ1) is 16.8. The summed E-state index contributed by atoms with van der Waals surface area (Å²) in [4.78, 5) is 14.0. The van der Waals surface area contributed by atoms with E-state index in [0.717, 1.165) is 43.5 Å². The summed E-state index contributed by atoms with van der Waals surface area (Å²) in [5.41, 5.74) is 8.23. The summed E-state index contributed by atoms with van der Waals surface area (Å²) in [6.07, 6.45) is 4.36. The smallest absolute Gasteiger partial charge is 0.249 e. The van der Waals surface area contributed by atoms with E-state index >= 15 is 0 Å². The summed E-state index contributed by atoms with van der Waals surface area (Å²) in [7, 11) is 1.80. The minimum absolute atomic E-state index is 0.0139. The molecular formula is C18H28N2O2. The van der Waals surface area contributed by atoms with E-state index in [1.807, 2.05) is 13.0 Å². The van der Waals surface area contributed by atoms with Crippen molar-refractivity contribution in [2.45, 2.75) is 58.1 Å². The van der Waals surface area contributed by atoms with Crippen molar-refractivity contribution in [2.24, 2.45) is 5.73 Å². The fourth-order valence-electron chi connectivity index (χ4n) is 3.56. The Morgan fingerprint density at radius 3 is 2.55 bits per heavy atom. The Bertz CT molecular complexity index is 534. The van der Waals surface area contributed by atoms with E-state index in [1.165, 1.54) is 0 Å². The van der Waals surface area contributed by atoms with Crippen LogP contribution in [0.25, 0.3) is 0 Å². The van der Waals surface area contributed by atoms with Crippen molar-refractivity contribution < 1.29 is 9.53 Å². The van der Waals surface area contributed by atoms with Crippen molar-refractivity contribution >= 4 is 11.6 Å². The highest BCUT2D eigenvalue weighted by atomic mass is 16.5. The van der Waals surface area contributed by atoms with Crippen LogP contribution < -0.4 is 10.6 Å².